The fourth-order valence-corrected chi connectivity index (χ4v) is 2.97. The van der Waals surface area contributed by atoms with Crippen LogP contribution in [-0.4, -0.2) is 39.4 Å². The van der Waals surface area contributed by atoms with Crippen LogP contribution in [0.4, 0.5) is 0 Å². The van der Waals surface area contributed by atoms with Gasteiger partial charge in [0.05, 0.1) is 25.9 Å². The van der Waals surface area contributed by atoms with Crippen LogP contribution in [0.25, 0.3) is 11.0 Å². The minimum Gasteiger partial charge on any atom is -0.391 e. The summed E-state index contributed by atoms with van der Waals surface area (Å²) in [6.45, 7) is 0.872. The molecule has 0 spiro atoms. The van der Waals surface area contributed by atoms with Gasteiger partial charge in [0.1, 0.15) is 11.0 Å². The van der Waals surface area contributed by atoms with E-state index in [9.17, 15) is 5.11 Å². The minimum atomic E-state index is -0.875. The van der Waals surface area contributed by atoms with Crippen LogP contribution in [0, 0.1) is 0 Å². The van der Waals surface area contributed by atoms with Gasteiger partial charge in [-0.15, -0.1) is 4.80 Å². The Labute approximate surface area is 139 Å². The second kappa shape index (κ2) is 6.32. The van der Waals surface area contributed by atoms with E-state index in [0.717, 1.165) is 16.6 Å². The Morgan fingerprint density at radius 2 is 1.71 bits per heavy atom. The summed E-state index contributed by atoms with van der Waals surface area (Å²) in [5, 5.41) is 18.6. The van der Waals surface area contributed by atoms with Crippen LogP contribution in [0.15, 0.2) is 54.6 Å². The van der Waals surface area contributed by atoms with Crippen molar-refractivity contribution in [3.05, 3.63) is 60.2 Å². The average molecular weight is 325 g/mol. The Bertz CT molecular complexity index is 780. The van der Waals surface area contributed by atoms with Crippen molar-refractivity contribution in [2.75, 3.05) is 13.2 Å². The molecule has 1 aliphatic heterocycles. The van der Waals surface area contributed by atoms with Crippen molar-refractivity contribution in [2.45, 2.75) is 24.9 Å². The van der Waals surface area contributed by atoms with Gasteiger partial charge in [-0.3, -0.25) is 0 Å². The monoisotopic (exact) mass is 325 g/mol. The molecule has 0 bridgehead atoms. The van der Waals surface area contributed by atoms with Crippen molar-refractivity contribution in [3.8, 4) is 0 Å². The van der Waals surface area contributed by atoms with Crippen LogP contribution >= 0.6 is 0 Å². The number of ether oxygens (including phenoxy) is 2. The molecule has 1 saturated heterocycles. The maximum absolute atomic E-state index is 9.77. The number of aliphatic hydroxyl groups is 1. The van der Waals surface area contributed by atoms with E-state index in [1.165, 1.54) is 4.80 Å². The SMILES string of the molecule is OC[C@@]1(n2nc3ccccc3n2)CC(COCc2ccccc2)O1. The first-order valence-corrected chi connectivity index (χ1v) is 8.02. The fourth-order valence-electron chi connectivity index (χ4n) is 2.97. The third-order valence-electron chi connectivity index (χ3n) is 4.25. The molecule has 124 valence electrons. The van der Waals surface area contributed by atoms with E-state index < -0.39 is 5.72 Å². The topological polar surface area (TPSA) is 69.4 Å². The van der Waals surface area contributed by atoms with E-state index in [0.29, 0.717) is 19.6 Å². The van der Waals surface area contributed by atoms with E-state index in [2.05, 4.69) is 10.2 Å². The molecule has 1 aliphatic rings. The molecule has 2 aromatic carbocycles. The van der Waals surface area contributed by atoms with E-state index in [4.69, 9.17) is 9.47 Å². The summed E-state index contributed by atoms with van der Waals surface area (Å²) in [6.07, 6.45) is 0.564. The highest BCUT2D eigenvalue weighted by molar-refractivity contribution is 5.73. The fraction of sp³-hybridized carbons (Fsp3) is 0.333. The molecule has 3 aromatic rings. The Hall–Kier alpha value is -2.28. The van der Waals surface area contributed by atoms with Crippen LogP contribution in [0.5, 0.6) is 0 Å². The summed E-state index contributed by atoms with van der Waals surface area (Å²) in [7, 11) is 0. The molecule has 0 aliphatic carbocycles. The van der Waals surface area contributed by atoms with Gasteiger partial charge in [-0.25, -0.2) is 0 Å². The normalized spacial score (nSPS) is 23.3. The van der Waals surface area contributed by atoms with Gasteiger partial charge in [0.25, 0.3) is 0 Å². The number of hydrogen-bond acceptors (Lipinski definition) is 5. The molecule has 0 amide bonds. The quantitative estimate of drug-likeness (QED) is 0.751. The first-order valence-electron chi connectivity index (χ1n) is 8.02. The van der Waals surface area contributed by atoms with E-state index >= 15 is 0 Å². The summed E-state index contributed by atoms with van der Waals surface area (Å²) >= 11 is 0. The number of aliphatic hydroxyl groups excluding tert-OH is 1. The largest absolute Gasteiger partial charge is 0.391 e. The van der Waals surface area contributed by atoms with Crippen LogP contribution in [-0.2, 0) is 21.8 Å². The van der Waals surface area contributed by atoms with Crippen molar-refractivity contribution in [2.24, 2.45) is 0 Å². The predicted molar refractivity (Wildman–Crippen MR) is 88.2 cm³/mol. The standard InChI is InChI=1S/C18H19N3O3/c22-13-18(21-19-16-8-4-5-9-17(16)20-21)10-15(24-18)12-23-11-14-6-2-1-3-7-14/h1-9,15,22H,10-13H2/t15?,18-/m1/s1. The molecule has 1 N–H and O–H groups in total. The maximum atomic E-state index is 9.77. The molecule has 0 saturated carbocycles. The van der Waals surface area contributed by atoms with Gasteiger partial charge in [-0.2, -0.15) is 10.2 Å². The number of aromatic nitrogens is 3. The summed E-state index contributed by atoms with van der Waals surface area (Å²) in [5.74, 6) is 0. The number of fused-ring (bicyclic) bond motifs is 1. The lowest BCUT2D eigenvalue weighted by Crippen LogP contribution is -2.57. The van der Waals surface area contributed by atoms with E-state index in [-0.39, 0.29) is 12.7 Å². The zero-order chi connectivity index (χ0) is 16.4. The minimum absolute atomic E-state index is 0.0602. The molecule has 1 aromatic heterocycles. The molecule has 2 heterocycles. The molecule has 1 fully saturated rings. The Morgan fingerprint density at radius 1 is 1.08 bits per heavy atom. The summed E-state index contributed by atoms with van der Waals surface area (Å²) in [4.78, 5) is 1.49. The van der Waals surface area contributed by atoms with Crippen molar-refractivity contribution in [1.82, 2.24) is 15.0 Å². The molecule has 4 rings (SSSR count). The Balaban J connectivity index is 1.36. The number of rotatable bonds is 6. The lowest BCUT2D eigenvalue weighted by atomic mass is 9.99. The number of hydrogen-bond donors (Lipinski definition) is 1. The Morgan fingerprint density at radius 3 is 2.33 bits per heavy atom. The van der Waals surface area contributed by atoms with Gasteiger partial charge in [0.2, 0.25) is 5.72 Å². The maximum Gasteiger partial charge on any atom is 0.205 e. The second-order valence-electron chi connectivity index (χ2n) is 6.03. The van der Waals surface area contributed by atoms with Crippen molar-refractivity contribution >= 4 is 11.0 Å². The summed E-state index contributed by atoms with van der Waals surface area (Å²) in [5.41, 5.74) is 1.83. The molecule has 24 heavy (non-hydrogen) atoms. The summed E-state index contributed by atoms with van der Waals surface area (Å²) < 4.78 is 11.6. The lowest BCUT2D eigenvalue weighted by molar-refractivity contribution is -0.294. The smallest absolute Gasteiger partial charge is 0.205 e. The average Bonchev–Trinajstić information content (AvgIpc) is 3.02. The highest BCUT2D eigenvalue weighted by Crippen LogP contribution is 2.36. The van der Waals surface area contributed by atoms with Gasteiger partial charge in [0.15, 0.2) is 0 Å². The summed E-state index contributed by atoms with van der Waals surface area (Å²) in [6, 6.07) is 17.6. The van der Waals surface area contributed by atoms with Gasteiger partial charge in [-0.05, 0) is 17.7 Å². The lowest BCUT2D eigenvalue weighted by Gasteiger charge is -2.45. The van der Waals surface area contributed by atoms with Crippen LogP contribution in [0.1, 0.15) is 12.0 Å². The molecule has 2 atom stereocenters. The highest BCUT2D eigenvalue weighted by atomic mass is 16.6. The third kappa shape index (κ3) is 2.80. The second-order valence-corrected chi connectivity index (χ2v) is 6.03. The number of benzene rings is 2. The van der Waals surface area contributed by atoms with Gasteiger partial charge in [-0.1, -0.05) is 42.5 Å². The highest BCUT2D eigenvalue weighted by Gasteiger charge is 2.49. The van der Waals surface area contributed by atoms with Crippen molar-refractivity contribution < 1.29 is 14.6 Å². The van der Waals surface area contributed by atoms with E-state index in [1.807, 2.05) is 54.6 Å². The van der Waals surface area contributed by atoms with E-state index in [1.54, 1.807) is 0 Å². The first kappa shape index (κ1) is 15.3. The first-order chi connectivity index (χ1) is 11.8. The zero-order valence-electron chi connectivity index (χ0n) is 13.2. The van der Waals surface area contributed by atoms with Crippen molar-refractivity contribution in [1.29, 1.82) is 0 Å². The number of nitrogens with zero attached hydrogens (tertiary/aromatic N) is 3. The Kier molecular flexibility index (Phi) is 4.02. The molecule has 6 nitrogen and oxygen atoms in total. The molecule has 6 heteroatoms. The predicted octanol–water partition coefficient (Wildman–Crippen LogP) is 2.08. The zero-order valence-corrected chi connectivity index (χ0v) is 13.2. The molecular formula is C18H19N3O3. The third-order valence-corrected chi connectivity index (χ3v) is 4.25. The molecule has 1 unspecified atom stereocenters. The van der Waals surface area contributed by atoms with Gasteiger partial charge in [0, 0.05) is 6.42 Å². The van der Waals surface area contributed by atoms with Crippen LogP contribution in [0.3, 0.4) is 0 Å². The van der Waals surface area contributed by atoms with Crippen molar-refractivity contribution in [3.63, 3.8) is 0 Å². The molecule has 0 radical (unpaired) electrons. The van der Waals surface area contributed by atoms with Crippen LogP contribution < -0.4 is 0 Å². The molecular weight excluding hydrogens is 306 g/mol. The van der Waals surface area contributed by atoms with Crippen LogP contribution in [0.2, 0.25) is 0 Å². The van der Waals surface area contributed by atoms with Gasteiger partial charge < -0.3 is 14.6 Å². The van der Waals surface area contributed by atoms with Gasteiger partial charge >= 0.3 is 0 Å².